The summed E-state index contributed by atoms with van der Waals surface area (Å²) in [6.45, 7) is 0. The van der Waals surface area contributed by atoms with Gasteiger partial charge in [-0.1, -0.05) is 29.3 Å². The molecule has 33 heavy (non-hydrogen) atoms. The fraction of sp³-hybridized carbons (Fsp3) is 0.263. The topological polar surface area (TPSA) is 59.0 Å². The van der Waals surface area contributed by atoms with E-state index < -0.39 is 58.7 Å². The molecule has 0 saturated heterocycles. The van der Waals surface area contributed by atoms with Gasteiger partial charge < -0.3 is 10.6 Å². The van der Waals surface area contributed by atoms with Crippen molar-refractivity contribution in [2.24, 2.45) is 0 Å². The average Bonchev–Trinajstić information content (AvgIpc) is 3.36. The maximum absolute atomic E-state index is 13.8. The third kappa shape index (κ3) is 4.64. The first-order valence-electron chi connectivity index (χ1n) is 9.19. The van der Waals surface area contributed by atoms with Crippen LogP contribution >= 0.6 is 34.5 Å². The average molecular weight is 529 g/mol. The molecular weight excluding hydrogens is 517 g/mol. The normalized spacial score (nSPS) is 18.5. The highest BCUT2D eigenvalue weighted by atomic mass is 35.5. The van der Waals surface area contributed by atoms with Gasteiger partial charge in [0.05, 0.1) is 22.3 Å². The van der Waals surface area contributed by atoms with Gasteiger partial charge in [0.25, 0.3) is 5.91 Å². The first-order chi connectivity index (χ1) is 15.4. The second kappa shape index (κ2) is 8.41. The van der Waals surface area contributed by atoms with Crippen molar-refractivity contribution in [3.05, 3.63) is 61.9 Å². The Morgan fingerprint density at radius 1 is 1.18 bits per heavy atom. The Hall–Kier alpha value is -2.44. The van der Waals surface area contributed by atoms with Crippen molar-refractivity contribution in [1.29, 1.82) is 0 Å². The number of thiophene rings is 1. The minimum Gasteiger partial charge on any atom is -0.361 e. The molecule has 0 aliphatic carbocycles. The van der Waals surface area contributed by atoms with Gasteiger partial charge in [0.15, 0.2) is 11.7 Å². The second-order valence-corrected chi connectivity index (χ2v) is 8.87. The predicted octanol–water partition coefficient (Wildman–Crippen LogP) is 7.18. The molecule has 0 fully saturated rings. The zero-order valence-electron chi connectivity index (χ0n) is 16.1. The molecule has 2 aromatic heterocycles. The lowest BCUT2D eigenvalue weighted by atomic mass is 10.0. The van der Waals surface area contributed by atoms with Gasteiger partial charge in [0, 0.05) is 11.3 Å². The van der Waals surface area contributed by atoms with Gasteiger partial charge in [-0.05, 0) is 29.6 Å². The van der Waals surface area contributed by atoms with Gasteiger partial charge in [-0.2, -0.15) is 31.4 Å². The van der Waals surface area contributed by atoms with Crippen molar-refractivity contribution in [1.82, 2.24) is 9.78 Å². The minimum atomic E-state index is -4.70. The molecule has 14 heteroatoms. The summed E-state index contributed by atoms with van der Waals surface area (Å²) < 4.78 is 80.9. The van der Waals surface area contributed by atoms with Gasteiger partial charge >= 0.3 is 12.4 Å². The zero-order valence-corrected chi connectivity index (χ0v) is 18.4. The summed E-state index contributed by atoms with van der Waals surface area (Å²) in [5, 5.41) is 9.86. The van der Waals surface area contributed by atoms with E-state index >= 15 is 0 Å². The lowest BCUT2D eigenvalue weighted by molar-refractivity contribution is -0.173. The second-order valence-electron chi connectivity index (χ2n) is 7.11. The van der Waals surface area contributed by atoms with Crippen LogP contribution in [0.15, 0.2) is 35.7 Å². The maximum atomic E-state index is 13.8. The van der Waals surface area contributed by atoms with Gasteiger partial charge in [0.2, 0.25) is 0 Å². The van der Waals surface area contributed by atoms with Crippen LogP contribution in [0.2, 0.25) is 10.0 Å². The summed E-state index contributed by atoms with van der Waals surface area (Å²) in [6, 6.07) is 2.82. The summed E-state index contributed by atoms with van der Waals surface area (Å²) in [5.41, 5.74) is -2.06. The number of carbonyl (C=O) groups is 1. The molecule has 2 atom stereocenters. The van der Waals surface area contributed by atoms with Crippen molar-refractivity contribution in [2.75, 3.05) is 10.6 Å². The highest BCUT2D eigenvalue weighted by molar-refractivity contribution is 7.10. The van der Waals surface area contributed by atoms with E-state index in [-0.39, 0.29) is 10.8 Å². The van der Waals surface area contributed by atoms with Gasteiger partial charge in [-0.15, -0.1) is 11.3 Å². The Bertz CT molecular complexity index is 1190. The third-order valence-electron chi connectivity index (χ3n) is 4.94. The Morgan fingerprint density at radius 2 is 1.91 bits per heavy atom. The van der Waals surface area contributed by atoms with Gasteiger partial charge in [0.1, 0.15) is 10.8 Å². The number of nitrogens with one attached hydrogen (secondary N) is 2. The Kier molecular flexibility index (Phi) is 6.04. The SMILES string of the molecule is O=C(Nc1cc(C(F)(F)F)ccc1Cl)c1nn2c(c1Cl)N[C@H](c1cccs1)C[C@@H]2C(F)(F)F. The smallest absolute Gasteiger partial charge is 0.361 e. The fourth-order valence-corrected chi connectivity index (χ4v) is 4.61. The van der Waals surface area contributed by atoms with Crippen LogP contribution in [0.25, 0.3) is 0 Å². The van der Waals surface area contributed by atoms with Crippen LogP contribution in [-0.4, -0.2) is 21.9 Å². The number of aromatic nitrogens is 2. The molecule has 0 saturated carbocycles. The Morgan fingerprint density at radius 3 is 2.52 bits per heavy atom. The molecule has 1 aliphatic heterocycles. The minimum absolute atomic E-state index is 0.208. The lowest BCUT2D eigenvalue weighted by Gasteiger charge is -2.32. The number of amides is 1. The summed E-state index contributed by atoms with van der Waals surface area (Å²) >= 11 is 13.3. The van der Waals surface area contributed by atoms with E-state index in [4.69, 9.17) is 23.2 Å². The first kappa shape index (κ1) is 23.7. The molecular formula is C19H12Cl2F6N4OS. The quantitative estimate of drug-likeness (QED) is 0.354. The highest BCUT2D eigenvalue weighted by Gasteiger charge is 2.48. The largest absolute Gasteiger partial charge is 0.416 e. The molecule has 3 aromatic rings. The number of benzene rings is 1. The number of hydrogen-bond donors (Lipinski definition) is 2. The van der Waals surface area contributed by atoms with Gasteiger partial charge in [-0.3, -0.25) is 4.79 Å². The molecule has 5 nitrogen and oxygen atoms in total. The highest BCUT2D eigenvalue weighted by Crippen LogP contribution is 2.47. The van der Waals surface area contributed by atoms with E-state index in [1.807, 2.05) is 0 Å². The zero-order chi connectivity index (χ0) is 24.1. The molecule has 0 bridgehead atoms. The van der Waals surface area contributed by atoms with Crippen molar-refractivity contribution in [3.63, 3.8) is 0 Å². The molecule has 4 rings (SSSR count). The van der Waals surface area contributed by atoms with Crippen LogP contribution in [0, 0.1) is 0 Å². The van der Waals surface area contributed by atoms with E-state index in [2.05, 4.69) is 15.7 Å². The number of nitrogens with zero attached hydrogens (tertiary/aromatic N) is 2. The number of fused-ring (bicyclic) bond motifs is 1. The van der Waals surface area contributed by atoms with E-state index in [1.165, 1.54) is 11.3 Å². The van der Waals surface area contributed by atoms with Gasteiger partial charge in [-0.25, -0.2) is 4.68 Å². The van der Waals surface area contributed by atoms with Crippen LogP contribution in [-0.2, 0) is 6.18 Å². The number of hydrogen-bond acceptors (Lipinski definition) is 4. The molecule has 2 N–H and O–H groups in total. The van der Waals surface area contributed by atoms with Crippen molar-refractivity contribution < 1.29 is 31.1 Å². The Balaban J connectivity index is 1.69. The summed E-state index contributed by atoms with van der Waals surface area (Å²) in [6.07, 6.45) is -9.79. The van der Waals surface area contributed by atoms with Crippen molar-refractivity contribution in [3.8, 4) is 0 Å². The van der Waals surface area contributed by atoms with E-state index in [0.717, 1.165) is 12.1 Å². The van der Waals surface area contributed by atoms with E-state index in [0.29, 0.717) is 15.6 Å². The number of alkyl halides is 6. The lowest BCUT2D eigenvalue weighted by Crippen LogP contribution is -2.35. The molecule has 0 radical (unpaired) electrons. The molecule has 1 aromatic carbocycles. The first-order valence-corrected chi connectivity index (χ1v) is 10.8. The summed E-state index contributed by atoms with van der Waals surface area (Å²) in [5.74, 6) is -1.33. The standard InChI is InChI=1S/C19H12Cl2F6N4OS/c20-9-4-3-8(18(22,23)24)6-10(9)29-17(32)15-14(21)16-28-11(12-2-1-5-33-12)7-13(19(25,26)27)31(16)30-15/h1-6,11,13,28H,7H2,(H,29,32)/t11-,13+/m0/s1. The maximum Gasteiger partial charge on any atom is 0.416 e. The van der Waals surface area contributed by atoms with Crippen LogP contribution in [0.4, 0.5) is 37.8 Å². The van der Waals surface area contributed by atoms with Crippen molar-refractivity contribution in [2.45, 2.75) is 30.9 Å². The van der Waals surface area contributed by atoms with Crippen LogP contribution in [0.3, 0.4) is 0 Å². The van der Waals surface area contributed by atoms with Crippen LogP contribution in [0.5, 0.6) is 0 Å². The molecule has 1 aliphatic rings. The number of carbonyl (C=O) groups excluding carboxylic acids is 1. The number of rotatable bonds is 3. The monoisotopic (exact) mass is 528 g/mol. The van der Waals surface area contributed by atoms with Crippen LogP contribution in [0.1, 0.15) is 39.4 Å². The molecule has 0 spiro atoms. The molecule has 176 valence electrons. The summed E-state index contributed by atoms with van der Waals surface area (Å²) in [7, 11) is 0. The predicted molar refractivity (Wildman–Crippen MR) is 112 cm³/mol. The third-order valence-corrected chi connectivity index (χ3v) is 6.61. The Labute approximate surface area is 196 Å². The molecule has 0 unspecified atom stereocenters. The molecule has 1 amide bonds. The van der Waals surface area contributed by atoms with Crippen molar-refractivity contribution >= 4 is 52.0 Å². The van der Waals surface area contributed by atoms with Crippen LogP contribution < -0.4 is 10.6 Å². The molecule has 3 heterocycles. The fourth-order valence-electron chi connectivity index (χ4n) is 3.39. The van der Waals surface area contributed by atoms with E-state index in [9.17, 15) is 31.1 Å². The number of anilines is 2. The summed E-state index contributed by atoms with van der Waals surface area (Å²) in [4.78, 5) is 13.3. The number of halogens is 8. The van der Waals surface area contributed by atoms with E-state index in [1.54, 1.807) is 17.5 Å².